The van der Waals surface area contributed by atoms with Crippen LogP contribution in [0.2, 0.25) is 0 Å². The zero-order valence-corrected chi connectivity index (χ0v) is 11.6. The number of nitro benzene ring substituents is 1. The zero-order chi connectivity index (χ0) is 14.6. The van der Waals surface area contributed by atoms with Gasteiger partial charge in [-0.25, -0.2) is 0 Å². The molecule has 104 valence electrons. The number of benzene rings is 1. The van der Waals surface area contributed by atoms with Gasteiger partial charge in [-0.05, 0) is 19.4 Å². The minimum absolute atomic E-state index is 0.0263. The van der Waals surface area contributed by atoms with Gasteiger partial charge in [0.2, 0.25) is 5.91 Å². The topological polar surface area (TPSA) is 75.5 Å². The van der Waals surface area contributed by atoms with Crippen molar-refractivity contribution in [2.45, 2.75) is 26.4 Å². The maximum Gasteiger partial charge on any atom is 0.272 e. The van der Waals surface area contributed by atoms with Crippen molar-refractivity contribution in [1.29, 1.82) is 0 Å². The monoisotopic (exact) mass is 265 g/mol. The molecule has 6 heteroatoms. The van der Waals surface area contributed by atoms with E-state index in [0.29, 0.717) is 12.1 Å². The van der Waals surface area contributed by atoms with Crippen LogP contribution in [-0.4, -0.2) is 35.9 Å². The van der Waals surface area contributed by atoms with Gasteiger partial charge in [-0.2, -0.15) is 0 Å². The molecular formula is C13H19N3O3. The van der Waals surface area contributed by atoms with Gasteiger partial charge in [-0.3, -0.25) is 14.9 Å². The van der Waals surface area contributed by atoms with Crippen molar-refractivity contribution in [3.05, 3.63) is 39.4 Å². The van der Waals surface area contributed by atoms with E-state index in [1.807, 2.05) is 6.07 Å². The van der Waals surface area contributed by atoms with Crippen molar-refractivity contribution >= 4 is 11.6 Å². The molecule has 0 aliphatic carbocycles. The molecule has 0 saturated heterocycles. The minimum atomic E-state index is -0.396. The SMILES string of the molecule is Cc1ccc(CNC(C)C(=O)N(C)C)cc1[N+](=O)[O-]. The highest BCUT2D eigenvalue weighted by molar-refractivity contribution is 5.80. The Morgan fingerprint density at radius 2 is 2.11 bits per heavy atom. The van der Waals surface area contributed by atoms with Gasteiger partial charge < -0.3 is 10.2 Å². The van der Waals surface area contributed by atoms with E-state index in [4.69, 9.17) is 0 Å². The Balaban J connectivity index is 2.71. The first-order chi connectivity index (χ1) is 8.82. The van der Waals surface area contributed by atoms with Gasteiger partial charge in [0.25, 0.3) is 5.69 Å². The molecule has 0 saturated carbocycles. The third kappa shape index (κ3) is 4.03. The fraction of sp³-hybridized carbons (Fsp3) is 0.462. The normalized spacial score (nSPS) is 12.0. The van der Waals surface area contributed by atoms with E-state index in [-0.39, 0.29) is 17.6 Å². The first-order valence-corrected chi connectivity index (χ1v) is 6.01. The maximum absolute atomic E-state index is 11.6. The average molecular weight is 265 g/mol. The lowest BCUT2D eigenvalue weighted by atomic mass is 10.1. The smallest absolute Gasteiger partial charge is 0.272 e. The number of nitro groups is 1. The molecule has 1 aromatic rings. The number of rotatable bonds is 5. The summed E-state index contributed by atoms with van der Waals surface area (Å²) in [5, 5.41) is 13.9. The number of likely N-dealkylation sites (N-methyl/N-ethyl adjacent to an activating group) is 1. The highest BCUT2D eigenvalue weighted by Crippen LogP contribution is 2.19. The van der Waals surface area contributed by atoms with Crippen molar-refractivity contribution in [1.82, 2.24) is 10.2 Å². The predicted octanol–water partition coefficient (Wildman–Crippen LogP) is 1.47. The second-order valence-electron chi connectivity index (χ2n) is 4.71. The third-order valence-electron chi connectivity index (χ3n) is 2.89. The third-order valence-corrected chi connectivity index (χ3v) is 2.89. The van der Waals surface area contributed by atoms with Gasteiger partial charge in [0.05, 0.1) is 11.0 Å². The summed E-state index contributed by atoms with van der Waals surface area (Å²) in [5.74, 6) is -0.0263. The molecule has 6 nitrogen and oxygen atoms in total. The van der Waals surface area contributed by atoms with Crippen LogP contribution in [-0.2, 0) is 11.3 Å². The van der Waals surface area contributed by atoms with Crippen LogP contribution in [0.1, 0.15) is 18.1 Å². The van der Waals surface area contributed by atoms with Gasteiger partial charge in [0.15, 0.2) is 0 Å². The Kier molecular flexibility index (Phi) is 5.00. The molecular weight excluding hydrogens is 246 g/mol. The van der Waals surface area contributed by atoms with Crippen molar-refractivity contribution in [2.24, 2.45) is 0 Å². The van der Waals surface area contributed by atoms with Crippen molar-refractivity contribution in [3.63, 3.8) is 0 Å². The second kappa shape index (κ2) is 6.29. The van der Waals surface area contributed by atoms with Crippen LogP contribution >= 0.6 is 0 Å². The van der Waals surface area contributed by atoms with Gasteiger partial charge in [-0.1, -0.05) is 12.1 Å². The number of amides is 1. The lowest BCUT2D eigenvalue weighted by Gasteiger charge is -2.18. The fourth-order valence-electron chi connectivity index (χ4n) is 1.71. The molecule has 0 fully saturated rings. The summed E-state index contributed by atoms with van der Waals surface area (Å²) in [5.41, 5.74) is 1.52. The summed E-state index contributed by atoms with van der Waals surface area (Å²) in [4.78, 5) is 23.6. The molecule has 1 N–H and O–H groups in total. The van der Waals surface area contributed by atoms with E-state index in [2.05, 4.69) is 5.32 Å². The number of hydrogen-bond acceptors (Lipinski definition) is 4. The summed E-state index contributed by atoms with van der Waals surface area (Å²) in [6.45, 7) is 3.89. The number of hydrogen-bond donors (Lipinski definition) is 1. The van der Waals surface area contributed by atoms with E-state index in [0.717, 1.165) is 5.56 Å². The Morgan fingerprint density at radius 3 is 2.63 bits per heavy atom. The van der Waals surface area contributed by atoms with Crippen LogP contribution in [0, 0.1) is 17.0 Å². The molecule has 0 aliphatic heterocycles. The molecule has 0 bridgehead atoms. The largest absolute Gasteiger partial charge is 0.347 e. The molecule has 0 spiro atoms. The highest BCUT2D eigenvalue weighted by atomic mass is 16.6. The van der Waals surface area contributed by atoms with Gasteiger partial charge in [0, 0.05) is 32.3 Å². The molecule has 1 rings (SSSR count). The van der Waals surface area contributed by atoms with E-state index in [9.17, 15) is 14.9 Å². The summed E-state index contributed by atoms with van der Waals surface area (Å²) in [7, 11) is 3.38. The Hall–Kier alpha value is -1.95. The lowest BCUT2D eigenvalue weighted by molar-refractivity contribution is -0.385. The second-order valence-corrected chi connectivity index (χ2v) is 4.71. The quantitative estimate of drug-likeness (QED) is 0.646. The Bertz CT molecular complexity index is 486. The molecule has 0 radical (unpaired) electrons. The average Bonchev–Trinajstić information content (AvgIpc) is 2.35. The summed E-state index contributed by atoms with van der Waals surface area (Å²) in [6, 6.07) is 4.75. The van der Waals surface area contributed by atoms with Crippen molar-refractivity contribution in [3.8, 4) is 0 Å². The van der Waals surface area contributed by atoms with Crippen molar-refractivity contribution < 1.29 is 9.72 Å². The number of nitrogens with one attached hydrogen (secondary N) is 1. The molecule has 1 amide bonds. The molecule has 1 unspecified atom stereocenters. The number of nitrogens with zero attached hydrogens (tertiary/aromatic N) is 2. The fourth-order valence-corrected chi connectivity index (χ4v) is 1.71. The van der Waals surface area contributed by atoms with Gasteiger partial charge in [0.1, 0.15) is 0 Å². The van der Waals surface area contributed by atoms with E-state index < -0.39 is 4.92 Å². The molecule has 1 aromatic carbocycles. The standard InChI is InChI=1S/C13H19N3O3/c1-9-5-6-11(7-12(9)16(18)19)8-14-10(2)13(17)15(3)4/h5-7,10,14H,8H2,1-4H3. The van der Waals surface area contributed by atoms with E-state index >= 15 is 0 Å². The minimum Gasteiger partial charge on any atom is -0.347 e. The van der Waals surface area contributed by atoms with Crippen LogP contribution in [0.25, 0.3) is 0 Å². The van der Waals surface area contributed by atoms with Crippen LogP contribution in [0.3, 0.4) is 0 Å². The predicted molar refractivity (Wildman–Crippen MR) is 72.8 cm³/mol. The molecule has 19 heavy (non-hydrogen) atoms. The highest BCUT2D eigenvalue weighted by Gasteiger charge is 2.15. The summed E-state index contributed by atoms with van der Waals surface area (Å²) in [6.07, 6.45) is 0. The van der Waals surface area contributed by atoms with Crippen LogP contribution in [0.5, 0.6) is 0 Å². The maximum atomic E-state index is 11.6. The summed E-state index contributed by atoms with van der Waals surface area (Å²) < 4.78 is 0. The lowest BCUT2D eigenvalue weighted by Crippen LogP contribution is -2.41. The van der Waals surface area contributed by atoms with Crippen LogP contribution in [0.4, 0.5) is 5.69 Å². The van der Waals surface area contributed by atoms with Gasteiger partial charge >= 0.3 is 0 Å². The molecule has 0 aliphatic rings. The Morgan fingerprint density at radius 1 is 1.47 bits per heavy atom. The van der Waals surface area contributed by atoms with E-state index in [1.165, 1.54) is 11.0 Å². The number of carbonyl (C=O) groups is 1. The van der Waals surface area contributed by atoms with Crippen LogP contribution < -0.4 is 5.32 Å². The van der Waals surface area contributed by atoms with E-state index in [1.54, 1.807) is 34.0 Å². The van der Waals surface area contributed by atoms with Gasteiger partial charge in [-0.15, -0.1) is 0 Å². The number of carbonyl (C=O) groups excluding carboxylic acids is 1. The summed E-state index contributed by atoms with van der Waals surface area (Å²) >= 11 is 0. The van der Waals surface area contributed by atoms with Crippen molar-refractivity contribution in [2.75, 3.05) is 14.1 Å². The zero-order valence-electron chi connectivity index (χ0n) is 11.6. The van der Waals surface area contributed by atoms with Crippen LogP contribution in [0.15, 0.2) is 18.2 Å². The number of aryl methyl sites for hydroxylation is 1. The first kappa shape index (κ1) is 15.1. The molecule has 0 heterocycles. The molecule has 0 aromatic heterocycles. The molecule has 1 atom stereocenters. The Labute approximate surface area is 112 Å². The first-order valence-electron chi connectivity index (χ1n) is 6.01.